The van der Waals surface area contributed by atoms with E-state index in [0.29, 0.717) is 0 Å². The molecule has 0 aromatic rings. The zero-order valence-corrected chi connectivity index (χ0v) is 8.97. The Kier molecular flexibility index (Phi) is 5.06. The first-order valence-corrected chi connectivity index (χ1v) is 4.79. The van der Waals surface area contributed by atoms with Gasteiger partial charge >= 0.3 is 11.9 Å². The van der Waals surface area contributed by atoms with Crippen LogP contribution in [0.2, 0.25) is 0 Å². The van der Waals surface area contributed by atoms with E-state index in [1.54, 1.807) is 0 Å². The quantitative estimate of drug-likeness (QED) is 0.409. The van der Waals surface area contributed by atoms with Gasteiger partial charge in [0.25, 0.3) is 0 Å². The minimum Gasteiger partial charge on any atom is -0.480 e. The number of carbonyl (C=O) groups is 3. The Morgan fingerprint density at radius 3 is 2.12 bits per heavy atom. The zero-order chi connectivity index (χ0) is 12.9. The van der Waals surface area contributed by atoms with Crippen molar-refractivity contribution in [1.29, 1.82) is 0 Å². The molecule has 7 nitrogen and oxygen atoms in total. The molecule has 0 fully saturated rings. The Labute approximate surface area is 92.4 Å². The average Bonchev–Trinajstić information content (AvgIpc) is 2.23. The first-order chi connectivity index (χ1) is 7.25. The van der Waals surface area contributed by atoms with Gasteiger partial charge in [-0.05, 0) is 12.8 Å². The van der Waals surface area contributed by atoms with Gasteiger partial charge < -0.3 is 21.7 Å². The van der Waals surface area contributed by atoms with Crippen molar-refractivity contribution in [1.82, 2.24) is 0 Å². The third kappa shape index (κ3) is 3.28. The van der Waals surface area contributed by atoms with Gasteiger partial charge in [0.2, 0.25) is 0 Å². The Bertz CT molecular complexity index is 304. The summed E-state index contributed by atoms with van der Waals surface area (Å²) in [5, 5.41) is 17.3. The van der Waals surface area contributed by atoms with E-state index >= 15 is 0 Å². The van der Waals surface area contributed by atoms with Crippen molar-refractivity contribution in [2.24, 2.45) is 11.5 Å². The van der Waals surface area contributed by atoms with Gasteiger partial charge in [-0.3, -0.25) is 9.59 Å². The van der Waals surface area contributed by atoms with E-state index in [0.717, 1.165) is 0 Å². The van der Waals surface area contributed by atoms with Crippen LogP contribution >= 0.6 is 0 Å². The molecule has 0 aromatic heterocycles. The number of carboxylic acid groups (broad SMARTS) is 2. The average molecular weight is 232 g/mol. The molecule has 0 aliphatic heterocycles. The molecule has 0 heterocycles. The van der Waals surface area contributed by atoms with Gasteiger partial charge in [-0.25, -0.2) is 4.79 Å². The lowest BCUT2D eigenvalue weighted by Gasteiger charge is -2.21. The van der Waals surface area contributed by atoms with Crippen molar-refractivity contribution < 1.29 is 24.6 Å². The summed E-state index contributed by atoms with van der Waals surface area (Å²) in [6.45, 7) is 1.48. The van der Waals surface area contributed by atoms with Crippen LogP contribution in [-0.2, 0) is 14.4 Å². The highest BCUT2D eigenvalue weighted by atomic mass is 16.4. The predicted octanol–water partition coefficient (Wildman–Crippen LogP) is -1.06. The maximum atomic E-state index is 11.5. The first-order valence-electron chi connectivity index (χ1n) is 4.79. The van der Waals surface area contributed by atoms with Crippen molar-refractivity contribution in [2.45, 2.75) is 37.8 Å². The molecule has 0 saturated heterocycles. The summed E-state index contributed by atoms with van der Waals surface area (Å²) < 4.78 is 0. The van der Waals surface area contributed by atoms with Gasteiger partial charge in [-0.15, -0.1) is 0 Å². The number of Topliss-reactive ketones (excluding diaryl/α,β-unsaturated/α-hetero) is 1. The monoisotopic (exact) mass is 232 g/mol. The molecule has 0 saturated carbocycles. The summed E-state index contributed by atoms with van der Waals surface area (Å²) in [6, 6.07) is -1.18. The Morgan fingerprint density at radius 2 is 1.81 bits per heavy atom. The first kappa shape index (κ1) is 14.5. The molecule has 0 aliphatic rings. The van der Waals surface area contributed by atoms with Crippen LogP contribution in [0, 0.1) is 0 Å². The molecule has 2 atom stereocenters. The third-order valence-electron chi connectivity index (χ3n) is 2.44. The fourth-order valence-electron chi connectivity index (χ4n) is 1.10. The van der Waals surface area contributed by atoms with Gasteiger partial charge in [-0.1, -0.05) is 6.92 Å². The molecule has 0 radical (unpaired) electrons. The summed E-state index contributed by atoms with van der Waals surface area (Å²) >= 11 is 0. The van der Waals surface area contributed by atoms with Gasteiger partial charge in [0, 0.05) is 6.42 Å². The van der Waals surface area contributed by atoms with Crippen molar-refractivity contribution in [3.63, 3.8) is 0 Å². The molecule has 0 amide bonds. The van der Waals surface area contributed by atoms with Crippen molar-refractivity contribution >= 4 is 17.7 Å². The number of carboxylic acids is 2. The summed E-state index contributed by atoms with van der Waals surface area (Å²) in [5.74, 6) is -3.36. The normalized spacial score (nSPS) is 16.2. The van der Waals surface area contributed by atoms with Crippen molar-refractivity contribution in [3.05, 3.63) is 0 Å². The largest absolute Gasteiger partial charge is 0.480 e. The lowest BCUT2D eigenvalue weighted by atomic mass is 9.89. The topological polar surface area (TPSA) is 144 Å². The maximum Gasteiger partial charge on any atom is 0.331 e. The second-order valence-corrected chi connectivity index (χ2v) is 3.54. The number of hydrogen-bond acceptors (Lipinski definition) is 5. The summed E-state index contributed by atoms with van der Waals surface area (Å²) in [6.07, 6.45) is -0.437. The highest BCUT2D eigenvalue weighted by Gasteiger charge is 2.39. The van der Waals surface area contributed by atoms with Gasteiger partial charge in [0.15, 0.2) is 11.3 Å². The number of nitrogens with two attached hydrogens (primary N) is 2. The molecular formula is C9H16N2O5. The Balaban J connectivity index is 4.46. The fourth-order valence-corrected chi connectivity index (χ4v) is 1.10. The van der Waals surface area contributed by atoms with Crippen LogP contribution in [0.1, 0.15) is 26.2 Å². The number of carbonyl (C=O) groups excluding carboxylic acids is 1. The fraction of sp³-hybridized carbons (Fsp3) is 0.667. The molecular weight excluding hydrogens is 216 g/mol. The summed E-state index contributed by atoms with van der Waals surface area (Å²) in [5.41, 5.74) is 8.65. The Morgan fingerprint density at radius 1 is 1.31 bits per heavy atom. The van der Waals surface area contributed by atoms with Crippen molar-refractivity contribution in [2.75, 3.05) is 0 Å². The molecule has 0 aliphatic carbocycles. The lowest BCUT2D eigenvalue weighted by Crippen LogP contribution is -2.54. The summed E-state index contributed by atoms with van der Waals surface area (Å²) in [7, 11) is 0. The standard InChI is InChI=1S/C9H16N2O5/c1-2-9(11,8(15)16)6(12)4-3-5(10)7(13)14/h5H,2-4,10-11H2,1H3,(H,13,14)(H,15,16). The van der Waals surface area contributed by atoms with E-state index < -0.39 is 29.3 Å². The molecule has 0 rings (SSSR count). The van der Waals surface area contributed by atoms with E-state index in [4.69, 9.17) is 21.7 Å². The van der Waals surface area contributed by atoms with Crippen molar-refractivity contribution in [3.8, 4) is 0 Å². The number of rotatable bonds is 7. The third-order valence-corrected chi connectivity index (χ3v) is 2.44. The molecule has 7 heteroatoms. The van der Waals surface area contributed by atoms with E-state index in [2.05, 4.69) is 0 Å². The molecule has 0 spiro atoms. The minimum absolute atomic E-state index is 0.0521. The van der Waals surface area contributed by atoms with E-state index in [1.807, 2.05) is 0 Å². The number of aliphatic carboxylic acids is 2. The summed E-state index contributed by atoms with van der Waals surface area (Å²) in [4.78, 5) is 32.7. The van der Waals surface area contributed by atoms with Gasteiger partial charge in [-0.2, -0.15) is 0 Å². The van der Waals surface area contributed by atoms with Gasteiger partial charge in [0.05, 0.1) is 0 Å². The van der Waals surface area contributed by atoms with Crippen LogP contribution in [0.15, 0.2) is 0 Å². The minimum atomic E-state index is -1.95. The van der Waals surface area contributed by atoms with E-state index in [1.165, 1.54) is 6.92 Å². The van der Waals surface area contributed by atoms with Crippen LogP contribution in [0.25, 0.3) is 0 Å². The maximum absolute atomic E-state index is 11.5. The van der Waals surface area contributed by atoms with Crippen LogP contribution in [0.5, 0.6) is 0 Å². The Hall–Kier alpha value is -1.47. The van der Waals surface area contributed by atoms with Gasteiger partial charge in [0.1, 0.15) is 6.04 Å². The smallest absolute Gasteiger partial charge is 0.331 e. The molecule has 6 N–H and O–H groups in total. The van der Waals surface area contributed by atoms with Crippen LogP contribution < -0.4 is 11.5 Å². The van der Waals surface area contributed by atoms with E-state index in [-0.39, 0.29) is 19.3 Å². The lowest BCUT2D eigenvalue weighted by molar-refractivity contribution is -0.148. The van der Waals surface area contributed by atoms with Crippen LogP contribution in [-0.4, -0.2) is 39.5 Å². The molecule has 2 unspecified atom stereocenters. The zero-order valence-electron chi connectivity index (χ0n) is 8.97. The number of ketones is 1. The highest BCUT2D eigenvalue weighted by Crippen LogP contribution is 2.12. The van der Waals surface area contributed by atoms with Crippen LogP contribution in [0.4, 0.5) is 0 Å². The second-order valence-electron chi connectivity index (χ2n) is 3.54. The molecule has 92 valence electrons. The van der Waals surface area contributed by atoms with E-state index in [9.17, 15) is 14.4 Å². The molecule has 0 bridgehead atoms. The highest BCUT2D eigenvalue weighted by molar-refractivity contribution is 6.07. The SMILES string of the molecule is CCC(N)(C(=O)O)C(=O)CCC(N)C(=O)O. The number of hydrogen-bond donors (Lipinski definition) is 4. The predicted molar refractivity (Wildman–Crippen MR) is 54.7 cm³/mol. The second kappa shape index (κ2) is 5.57. The molecule has 0 aromatic carbocycles. The molecule has 16 heavy (non-hydrogen) atoms. The van der Waals surface area contributed by atoms with Crippen LogP contribution in [0.3, 0.4) is 0 Å².